The van der Waals surface area contributed by atoms with E-state index in [1.165, 1.54) is 90.5 Å². The Morgan fingerprint density at radius 2 is 0.864 bits per heavy atom. The van der Waals surface area contributed by atoms with E-state index in [0.717, 1.165) is 0 Å². The molecule has 0 radical (unpaired) electrons. The predicted octanol–water partition coefficient (Wildman–Crippen LogP) is 3.94. The van der Waals surface area contributed by atoms with Crippen LogP contribution in [0.25, 0.3) is 0 Å². The maximum Gasteiger partial charge on any atom is 0.0110 e. The van der Waals surface area contributed by atoms with Crippen LogP contribution >= 0.6 is 0 Å². The molecule has 0 aliphatic carbocycles. The van der Waals surface area contributed by atoms with E-state index in [0.29, 0.717) is 0 Å². The number of hydrogen-bond donors (Lipinski definition) is 0. The molecule has 3 heteroatoms. The van der Waals surface area contributed by atoms with Gasteiger partial charge < -0.3 is 14.7 Å². The summed E-state index contributed by atoms with van der Waals surface area (Å²) in [6.45, 7) is 8.32. The summed E-state index contributed by atoms with van der Waals surface area (Å²) in [5.74, 6) is 0. The Labute approximate surface area is 141 Å². The Kier molecular flexibility index (Phi) is 15.7. The summed E-state index contributed by atoms with van der Waals surface area (Å²) in [5, 5.41) is 0. The molecule has 0 aliphatic heterocycles. The van der Waals surface area contributed by atoms with E-state index in [9.17, 15) is 0 Å². The summed E-state index contributed by atoms with van der Waals surface area (Å²) in [6.07, 6.45) is 12.8. The smallest absolute Gasteiger partial charge is 0.0110 e. The Hall–Kier alpha value is -0.120. The van der Waals surface area contributed by atoms with Gasteiger partial charge in [-0.25, -0.2) is 0 Å². The normalized spacial score (nSPS) is 12.0. The highest BCUT2D eigenvalue weighted by Crippen LogP contribution is 2.10. The average molecular weight is 314 g/mol. The van der Waals surface area contributed by atoms with Crippen LogP contribution in [0.5, 0.6) is 0 Å². The molecule has 0 saturated heterocycles. The third-order valence-corrected chi connectivity index (χ3v) is 4.30. The van der Waals surface area contributed by atoms with Crippen LogP contribution in [0, 0.1) is 0 Å². The van der Waals surface area contributed by atoms with Gasteiger partial charge in [0.2, 0.25) is 0 Å². The molecule has 22 heavy (non-hydrogen) atoms. The Balaban J connectivity index is 3.60. The highest BCUT2D eigenvalue weighted by atomic mass is 15.2. The fourth-order valence-electron chi connectivity index (χ4n) is 2.66. The number of rotatable bonds is 16. The average Bonchev–Trinajstić information content (AvgIpc) is 2.47. The Morgan fingerprint density at radius 3 is 1.27 bits per heavy atom. The monoisotopic (exact) mass is 313 g/mol. The molecule has 0 N–H and O–H groups in total. The number of hydrogen-bond acceptors (Lipinski definition) is 3. The van der Waals surface area contributed by atoms with Crippen molar-refractivity contribution < 1.29 is 0 Å². The van der Waals surface area contributed by atoms with E-state index >= 15 is 0 Å². The molecule has 0 spiro atoms. The van der Waals surface area contributed by atoms with Gasteiger partial charge in [0.25, 0.3) is 0 Å². The van der Waals surface area contributed by atoms with Gasteiger partial charge in [0.1, 0.15) is 0 Å². The van der Waals surface area contributed by atoms with Crippen molar-refractivity contribution in [2.24, 2.45) is 0 Å². The Morgan fingerprint density at radius 1 is 0.455 bits per heavy atom. The highest BCUT2D eigenvalue weighted by Gasteiger charge is 2.05. The SMILES string of the molecule is CCCCCCCCCCCN(CCN(C)C)CCN(C)C. The summed E-state index contributed by atoms with van der Waals surface area (Å²) in [4.78, 5) is 7.22. The lowest BCUT2D eigenvalue weighted by Gasteiger charge is -2.25. The largest absolute Gasteiger partial charge is 0.308 e. The molecule has 0 unspecified atom stereocenters. The molecule has 0 bridgehead atoms. The van der Waals surface area contributed by atoms with Crippen LogP contribution in [0.4, 0.5) is 0 Å². The van der Waals surface area contributed by atoms with Gasteiger partial charge in [0, 0.05) is 26.2 Å². The zero-order chi connectivity index (χ0) is 16.6. The van der Waals surface area contributed by atoms with Crippen molar-refractivity contribution >= 4 is 0 Å². The summed E-state index contributed by atoms with van der Waals surface area (Å²) in [5.41, 5.74) is 0. The fourth-order valence-corrected chi connectivity index (χ4v) is 2.66. The topological polar surface area (TPSA) is 9.72 Å². The fraction of sp³-hybridized carbons (Fsp3) is 1.00. The van der Waals surface area contributed by atoms with Crippen LogP contribution in [-0.2, 0) is 0 Å². The van der Waals surface area contributed by atoms with Crippen LogP contribution in [0.1, 0.15) is 64.7 Å². The summed E-state index contributed by atoms with van der Waals surface area (Å²) >= 11 is 0. The minimum Gasteiger partial charge on any atom is -0.308 e. The summed E-state index contributed by atoms with van der Waals surface area (Å²) < 4.78 is 0. The number of unbranched alkanes of at least 4 members (excludes halogenated alkanes) is 8. The minimum atomic E-state index is 1.17. The van der Waals surface area contributed by atoms with Crippen molar-refractivity contribution in [3.8, 4) is 0 Å². The van der Waals surface area contributed by atoms with Crippen molar-refractivity contribution in [3.05, 3.63) is 0 Å². The lowest BCUT2D eigenvalue weighted by atomic mass is 10.1. The van der Waals surface area contributed by atoms with Crippen molar-refractivity contribution in [2.45, 2.75) is 64.7 Å². The molecule has 0 aromatic rings. The quantitative estimate of drug-likeness (QED) is 0.400. The van der Waals surface area contributed by atoms with E-state index in [1.807, 2.05) is 0 Å². The van der Waals surface area contributed by atoms with Crippen molar-refractivity contribution in [2.75, 3.05) is 60.9 Å². The summed E-state index contributed by atoms with van der Waals surface area (Å²) in [6, 6.07) is 0. The third kappa shape index (κ3) is 16.3. The number of likely N-dealkylation sites (N-methyl/N-ethyl adjacent to an activating group) is 2. The first-order valence-electron chi connectivity index (χ1n) is 9.58. The van der Waals surface area contributed by atoms with Gasteiger partial charge in [-0.05, 0) is 41.2 Å². The van der Waals surface area contributed by atoms with Crippen molar-refractivity contribution in [1.29, 1.82) is 0 Å². The summed E-state index contributed by atoms with van der Waals surface area (Å²) in [7, 11) is 8.68. The molecule has 134 valence electrons. The Bertz CT molecular complexity index is 205. The van der Waals surface area contributed by atoms with Crippen molar-refractivity contribution in [3.63, 3.8) is 0 Å². The van der Waals surface area contributed by atoms with E-state index in [1.54, 1.807) is 0 Å². The zero-order valence-corrected chi connectivity index (χ0v) is 16.2. The molecule has 0 aliphatic rings. The maximum atomic E-state index is 2.64. The molecular weight excluding hydrogens is 270 g/mol. The van der Waals surface area contributed by atoms with Gasteiger partial charge in [-0.1, -0.05) is 58.3 Å². The second-order valence-electron chi connectivity index (χ2n) is 7.28. The first-order valence-corrected chi connectivity index (χ1v) is 9.58. The molecule has 0 atom stereocenters. The second kappa shape index (κ2) is 15.8. The molecule has 0 aromatic carbocycles. The molecule has 0 rings (SSSR count). The van der Waals surface area contributed by atoms with E-state index < -0.39 is 0 Å². The minimum absolute atomic E-state index is 1.17. The van der Waals surface area contributed by atoms with Gasteiger partial charge in [-0.2, -0.15) is 0 Å². The molecule has 3 nitrogen and oxygen atoms in total. The van der Waals surface area contributed by atoms with Crippen LogP contribution < -0.4 is 0 Å². The lowest BCUT2D eigenvalue weighted by molar-refractivity contribution is 0.215. The van der Waals surface area contributed by atoms with Gasteiger partial charge in [-0.3, -0.25) is 0 Å². The van der Waals surface area contributed by atoms with Crippen LogP contribution in [0.15, 0.2) is 0 Å². The maximum absolute atomic E-state index is 2.64. The molecule has 0 saturated carbocycles. The number of nitrogens with zero attached hydrogens (tertiary/aromatic N) is 3. The predicted molar refractivity (Wildman–Crippen MR) is 101 cm³/mol. The van der Waals surface area contributed by atoms with Crippen LogP contribution in [0.3, 0.4) is 0 Å². The van der Waals surface area contributed by atoms with Crippen LogP contribution in [-0.4, -0.2) is 75.6 Å². The second-order valence-corrected chi connectivity index (χ2v) is 7.28. The lowest BCUT2D eigenvalue weighted by Crippen LogP contribution is -2.37. The van der Waals surface area contributed by atoms with Gasteiger partial charge in [0.05, 0.1) is 0 Å². The molecule has 0 heterocycles. The third-order valence-electron chi connectivity index (χ3n) is 4.30. The molecule has 0 aromatic heterocycles. The standard InChI is InChI=1S/C19H43N3/c1-6-7-8-9-10-11-12-13-14-15-22(18-16-20(2)3)19-17-21(4)5/h6-19H2,1-5H3. The van der Waals surface area contributed by atoms with E-state index in [4.69, 9.17) is 0 Å². The first kappa shape index (κ1) is 21.9. The molecule has 0 fully saturated rings. The van der Waals surface area contributed by atoms with Gasteiger partial charge in [-0.15, -0.1) is 0 Å². The van der Waals surface area contributed by atoms with Gasteiger partial charge >= 0.3 is 0 Å². The highest BCUT2D eigenvalue weighted by molar-refractivity contribution is 4.62. The van der Waals surface area contributed by atoms with E-state index in [-0.39, 0.29) is 0 Å². The zero-order valence-electron chi connectivity index (χ0n) is 16.2. The van der Waals surface area contributed by atoms with Gasteiger partial charge in [0.15, 0.2) is 0 Å². The van der Waals surface area contributed by atoms with Crippen LogP contribution in [0.2, 0.25) is 0 Å². The molecule has 0 amide bonds. The first-order chi connectivity index (χ1) is 10.6. The molecular formula is C19H43N3. The van der Waals surface area contributed by atoms with Crippen molar-refractivity contribution in [1.82, 2.24) is 14.7 Å². The van der Waals surface area contributed by atoms with E-state index in [2.05, 4.69) is 49.8 Å².